The highest BCUT2D eigenvalue weighted by atomic mass is 35.5. The monoisotopic (exact) mass is 229 g/mol. The lowest BCUT2D eigenvalue weighted by atomic mass is 9.80. The molecule has 0 amide bonds. The van der Waals surface area contributed by atoms with Crippen molar-refractivity contribution < 1.29 is 14.3 Å². The predicted octanol–water partition coefficient (Wildman–Crippen LogP) is 1.55. The third-order valence-corrected chi connectivity index (χ3v) is 3.25. The fourth-order valence-electron chi connectivity index (χ4n) is 2.28. The van der Waals surface area contributed by atoms with Gasteiger partial charge in [-0.1, -0.05) is 0 Å². The summed E-state index contributed by atoms with van der Waals surface area (Å²) in [5, 5.41) is 9.19. The van der Waals surface area contributed by atoms with Crippen LogP contribution >= 0.6 is 11.6 Å². The van der Waals surface area contributed by atoms with E-state index in [1.54, 1.807) is 6.07 Å². The lowest BCUT2D eigenvalue weighted by Gasteiger charge is -2.25. The summed E-state index contributed by atoms with van der Waals surface area (Å²) in [6.07, 6.45) is 1.47. The normalized spacial score (nSPS) is 24.1. The van der Waals surface area contributed by atoms with Gasteiger partial charge in [0, 0.05) is 30.0 Å². The van der Waals surface area contributed by atoms with E-state index in [4.69, 9.17) is 26.9 Å². The van der Waals surface area contributed by atoms with Gasteiger partial charge in [-0.05, 0) is 18.0 Å². The van der Waals surface area contributed by atoms with E-state index in [-0.39, 0.29) is 6.42 Å². The number of carboxylic acids is 1. The number of aliphatic carboxylic acids is 1. The molecular formula is C10H12ClNO3. The fourth-order valence-corrected chi connectivity index (χ4v) is 2.48. The zero-order valence-corrected chi connectivity index (χ0v) is 8.88. The Morgan fingerprint density at radius 1 is 1.73 bits per heavy atom. The molecule has 15 heavy (non-hydrogen) atoms. The largest absolute Gasteiger partial charge is 0.481 e. The van der Waals surface area contributed by atoms with Gasteiger partial charge < -0.3 is 15.3 Å². The minimum Gasteiger partial charge on any atom is -0.481 e. The van der Waals surface area contributed by atoms with Gasteiger partial charge in [-0.2, -0.15) is 0 Å². The van der Waals surface area contributed by atoms with Gasteiger partial charge in [-0.15, -0.1) is 0 Å². The van der Waals surface area contributed by atoms with Crippen molar-refractivity contribution in [2.24, 2.45) is 5.73 Å². The molecule has 0 spiro atoms. The van der Waals surface area contributed by atoms with Gasteiger partial charge in [0.2, 0.25) is 0 Å². The number of furan rings is 1. The van der Waals surface area contributed by atoms with E-state index in [1.165, 1.54) is 0 Å². The van der Waals surface area contributed by atoms with Gasteiger partial charge >= 0.3 is 5.97 Å². The number of carbonyl (C=O) groups is 1. The summed E-state index contributed by atoms with van der Waals surface area (Å²) in [5.41, 5.74) is 6.08. The molecule has 1 atom stereocenters. The zero-order chi connectivity index (χ0) is 11.1. The van der Waals surface area contributed by atoms with E-state index in [0.717, 1.165) is 17.7 Å². The molecule has 1 aliphatic carbocycles. The van der Waals surface area contributed by atoms with Crippen molar-refractivity contribution >= 4 is 17.6 Å². The number of aryl methyl sites for hydroxylation is 1. The quantitative estimate of drug-likeness (QED) is 0.825. The van der Waals surface area contributed by atoms with Crippen molar-refractivity contribution in [2.75, 3.05) is 6.54 Å². The SMILES string of the molecule is NCC1(CC(=O)O)CCc2oc(Cl)cc21. The molecular weight excluding hydrogens is 218 g/mol. The lowest BCUT2D eigenvalue weighted by molar-refractivity contribution is -0.138. The highest BCUT2D eigenvalue weighted by molar-refractivity contribution is 6.29. The van der Waals surface area contributed by atoms with Crippen LogP contribution in [-0.4, -0.2) is 17.6 Å². The molecule has 0 radical (unpaired) electrons. The summed E-state index contributed by atoms with van der Waals surface area (Å²) in [4.78, 5) is 10.8. The number of hydrogen-bond acceptors (Lipinski definition) is 3. The third kappa shape index (κ3) is 1.64. The van der Waals surface area contributed by atoms with Crippen molar-refractivity contribution in [2.45, 2.75) is 24.7 Å². The molecule has 3 N–H and O–H groups in total. The minimum atomic E-state index is -0.842. The molecule has 0 aromatic carbocycles. The van der Waals surface area contributed by atoms with Gasteiger partial charge in [0.25, 0.3) is 0 Å². The van der Waals surface area contributed by atoms with Crippen LogP contribution in [-0.2, 0) is 16.6 Å². The van der Waals surface area contributed by atoms with Gasteiger partial charge in [0.05, 0.1) is 6.42 Å². The lowest BCUT2D eigenvalue weighted by Crippen LogP contribution is -2.35. The molecule has 0 aliphatic heterocycles. The number of halogens is 1. The highest BCUT2D eigenvalue weighted by Gasteiger charge is 2.42. The Bertz CT molecular complexity index is 401. The van der Waals surface area contributed by atoms with Gasteiger partial charge in [-0.3, -0.25) is 4.79 Å². The molecule has 5 heteroatoms. The van der Waals surface area contributed by atoms with Gasteiger partial charge in [0.15, 0.2) is 5.22 Å². The molecule has 0 bridgehead atoms. The van der Waals surface area contributed by atoms with E-state index in [9.17, 15) is 4.79 Å². The molecule has 1 heterocycles. The third-order valence-electron chi connectivity index (χ3n) is 3.06. The number of fused-ring (bicyclic) bond motifs is 1. The van der Waals surface area contributed by atoms with Crippen molar-refractivity contribution in [3.05, 3.63) is 22.6 Å². The summed E-state index contributed by atoms with van der Waals surface area (Å²) in [7, 11) is 0. The maximum absolute atomic E-state index is 10.8. The van der Waals surface area contributed by atoms with Gasteiger partial charge in [-0.25, -0.2) is 0 Å². The molecule has 0 fully saturated rings. The first kappa shape index (κ1) is 10.5. The standard InChI is InChI=1S/C10H12ClNO3/c11-8-3-6-7(15-8)1-2-10(6,5-12)4-9(13)14/h3H,1-2,4-5,12H2,(H,13,14). The summed E-state index contributed by atoms with van der Waals surface area (Å²) in [5.74, 6) is -0.0580. The van der Waals surface area contributed by atoms with E-state index >= 15 is 0 Å². The topological polar surface area (TPSA) is 76.5 Å². The Morgan fingerprint density at radius 2 is 2.47 bits per heavy atom. The number of rotatable bonds is 3. The molecule has 1 aromatic heterocycles. The Hall–Kier alpha value is -1.00. The van der Waals surface area contributed by atoms with E-state index in [1.807, 2.05) is 0 Å². The Balaban J connectivity index is 2.39. The molecule has 4 nitrogen and oxygen atoms in total. The van der Waals surface area contributed by atoms with Crippen molar-refractivity contribution in [1.82, 2.24) is 0 Å². The van der Waals surface area contributed by atoms with E-state index < -0.39 is 11.4 Å². The summed E-state index contributed by atoms with van der Waals surface area (Å²) >= 11 is 5.74. The van der Waals surface area contributed by atoms with Crippen LogP contribution in [0.4, 0.5) is 0 Å². The molecule has 82 valence electrons. The average Bonchev–Trinajstić information content (AvgIpc) is 2.65. The van der Waals surface area contributed by atoms with Crippen molar-refractivity contribution in [3.63, 3.8) is 0 Å². The van der Waals surface area contributed by atoms with Crippen LogP contribution in [0, 0.1) is 0 Å². The van der Waals surface area contributed by atoms with Crippen LogP contribution in [0.5, 0.6) is 0 Å². The van der Waals surface area contributed by atoms with Gasteiger partial charge in [0.1, 0.15) is 5.76 Å². The highest BCUT2D eigenvalue weighted by Crippen LogP contribution is 2.43. The van der Waals surface area contributed by atoms with Crippen LogP contribution in [0.15, 0.2) is 10.5 Å². The zero-order valence-electron chi connectivity index (χ0n) is 8.12. The number of hydrogen-bond donors (Lipinski definition) is 2. The number of nitrogens with two attached hydrogens (primary N) is 1. The van der Waals surface area contributed by atoms with Crippen LogP contribution in [0.25, 0.3) is 0 Å². The first-order chi connectivity index (χ1) is 7.07. The smallest absolute Gasteiger partial charge is 0.304 e. The van der Waals surface area contributed by atoms with E-state index in [2.05, 4.69) is 0 Å². The first-order valence-corrected chi connectivity index (χ1v) is 5.16. The van der Waals surface area contributed by atoms with E-state index in [0.29, 0.717) is 18.2 Å². The summed E-state index contributed by atoms with van der Waals surface area (Å²) in [6.45, 7) is 0.308. The van der Waals surface area contributed by atoms with Crippen molar-refractivity contribution in [1.29, 1.82) is 0 Å². The van der Waals surface area contributed by atoms with Crippen LogP contribution in [0.3, 0.4) is 0 Å². The minimum absolute atomic E-state index is 0.0341. The van der Waals surface area contributed by atoms with Crippen LogP contribution in [0.2, 0.25) is 5.22 Å². The second kappa shape index (κ2) is 3.54. The molecule has 0 saturated heterocycles. The van der Waals surface area contributed by atoms with Crippen LogP contribution in [0.1, 0.15) is 24.2 Å². The molecule has 2 rings (SSSR count). The molecule has 1 aliphatic rings. The number of carboxylic acid groups (broad SMARTS) is 1. The second-order valence-electron chi connectivity index (χ2n) is 3.94. The molecule has 1 aromatic rings. The first-order valence-electron chi connectivity index (χ1n) is 4.78. The fraction of sp³-hybridized carbons (Fsp3) is 0.500. The molecule has 0 saturated carbocycles. The maximum Gasteiger partial charge on any atom is 0.304 e. The Morgan fingerprint density at radius 3 is 3.07 bits per heavy atom. The second-order valence-corrected chi connectivity index (χ2v) is 4.31. The Labute approximate surface area is 92.0 Å². The Kier molecular flexibility index (Phi) is 2.48. The van der Waals surface area contributed by atoms with Crippen molar-refractivity contribution in [3.8, 4) is 0 Å². The molecule has 1 unspecified atom stereocenters. The summed E-state index contributed by atoms with van der Waals surface area (Å²) < 4.78 is 5.28. The average molecular weight is 230 g/mol. The maximum atomic E-state index is 10.8. The summed E-state index contributed by atoms with van der Waals surface area (Å²) in [6, 6.07) is 1.69. The predicted molar refractivity (Wildman–Crippen MR) is 55.0 cm³/mol. The van der Waals surface area contributed by atoms with Crippen LogP contribution < -0.4 is 5.73 Å².